The van der Waals surface area contributed by atoms with Gasteiger partial charge in [-0.15, -0.1) is 6.42 Å². The molecular formula is C26H25NO6S. The standard InChI is InChI=1S/C26H25NO6S/c1-5-14-33-20-13-8-17(15-21(20)31-6-2)16-22-24(28)23(26(29)32-7-3)25(34-22)27-18-9-11-19(30-4)12-10-18/h1,8-13,15-16,28H,6-7,14H2,2-4H3/b22-16-,27-25?. The first-order chi connectivity index (χ1) is 16.5. The second kappa shape index (κ2) is 11.9. The topological polar surface area (TPSA) is 86.6 Å². The van der Waals surface area contributed by atoms with Crippen LogP contribution in [0, 0.1) is 12.3 Å². The van der Waals surface area contributed by atoms with Gasteiger partial charge in [0, 0.05) is 0 Å². The minimum absolute atomic E-state index is 0.0212. The van der Waals surface area contributed by atoms with Crippen molar-refractivity contribution in [3.63, 3.8) is 0 Å². The Balaban J connectivity index is 1.99. The first kappa shape index (κ1) is 24.8. The van der Waals surface area contributed by atoms with E-state index in [0.717, 1.165) is 5.56 Å². The molecule has 0 saturated heterocycles. The van der Waals surface area contributed by atoms with Gasteiger partial charge in [-0.1, -0.05) is 23.7 Å². The summed E-state index contributed by atoms with van der Waals surface area (Å²) in [6.45, 7) is 4.30. The van der Waals surface area contributed by atoms with Crippen LogP contribution in [-0.4, -0.2) is 43.0 Å². The van der Waals surface area contributed by atoms with Crippen molar-refractivity contribution in [3.05, 3.63) is 64.3 Å². The average Bonchev–Trinajstić information content (AvgIpc) is 3.13. The number of ether oxygens (including phenoxy) is 4. The van der Waals surface area contributed by atoms with Crippen LogP contribution in [0.2, 0.25) is 0 Å². The van der Waals surface area contributed by atoms with Crippen LogP contribution in [-0.2, 0) is 9.53 Å². The molecule has 0 aliphatic carbocycles. The molecule has 2 aromatic rings. The maximum Gasteiger partial charge on any atom is 0.344 e. The van der Waals surface area contributed by atoms with E-state index in [1.807, 2.05) is 6.92 Å². The normalized spacial score (nSPS) is 15.4. The Labute approximate surface area is 203 Å². The fourth-order valence-electron chi connectivity index (χ4n) is 3.04. The average molecular weight is 480 g/mol. The molecule has 2 aromatic carbocycles. The van der Waals surface area contributed by atoms with Crippen molar-refractivity contribution < 1.29 is 28.8 Å². The number of aliphatic hydroxyl groups excluding tert-OH is 1. The third kappa shape index (κ3) is 5.94. The first-order valence-electron chi connectivity index (χ1n) is 10.6. The Morgan fingerprint density at radius 2 is 1.88 bits per heavy atom. The maximum absolute atomic E-state index is 12.6. The molecule has 8 heteroatoms. The predicted molar refractivity (Wildman–Crippen MR) is 134 cm³/mol. The van der Waals surface area contributed by atoms with Crippen molar-refractivity contribution in [2.75, 3.05) is 26.9 Å². The van der Waals surface area contributed by atoms with Crippen LogP contribution in [0.1, 0.15) is 19.4 Å². The highest BCUT2D eigenvalue weighted by atomic mass is 32.2. The number of benzene rings is 2. The van der Waals surface area contributed by atoms with E-state index >= 15 is 0 Å². The smallest absolute Gasteiger partial charge is 0.344 e. The second-order valence-electron chi connectivity index (χ2n) is 6.80. The fraction of sp³-hybridized carbons (Fsp3) is 0.231. The summed E-state index contributed by atoms with van der Waals surface area (Å²) in [4.78, 5) is 17.6. The van der Waals surface area contributed by atoms with Crippen molar-refractivity contribution in [2.24, 2.45) is 4.99 Å². The van der Waals surface area contributed by atoms with Gasteiger partial charge in [-0.2, -0.15) is 0 Å². The van der Waals surface area contributed by atoms with Gasteiger partial charge >= 0.3 is 5.97 Å². The predicted octanol–water partition coefficient (Wildman–Crippen LogP) is 5.30. The largest absolute Gasteiger partial charge is 0.506 e. The van der Waals surface area contributed by atoms with Crippen LogP contribution in [0.4, 0.5) is 5.69 Å². The molecule has 3 rings (SSSR count). The van der Waals surface area contributed by atoms with Gasteiger partial charge in [0.25, 0.3) is 0 Å². The van der Waals surface area contributed by atoms with Gasteiger partial charge in [0.2, 0.25) is 0 Å². The Hall–Kier alpha value is -3.83. The van der Waals surface area contributed by atoms with Crippen molar-refractivity contribution in [2.45, 2.75) is 13.8 Å². The quantitative estimate of drug-likeness (QED) is 0.386. The van der Waals surface area contributed by atoms with Crippen molar-refractivity contribution >= 4 is 34.5 Å². The summed E-state index contributed by atoms with van der Waals surface area (Å²) in [7, 11) is 1.58. The lowest BCUT2D eigenvalue weighted by Gasteiger charge is -2.11. The number of rotatable bonds is 9. The van der Waals surface area contributed by atoms with Crippen LogP contribution in [0.25, 0.3) is 6.08 Å². The van der Waals surface area contributed by atoms with E-state index in [1.165, 1.54) is 11.8 Å². The van der Waals surface area contributed by atoms with Gasteiger partial charge in [0.1, 0.15) is 28.7 Å². The number of thioether (sulfide) groups is 1. The lowest BCUT2D eigenvalue weighted by atomic mass is 10.1. The number of terminal acetylenes is 1. The molecule has 0 amide bonds. The van der Waals surface area contributed by atoms with Crippen LogP contribution in [0.3, 0.4) is 0 Å². The lowest BCUT2D eigenvalue weighted by Crippen LogP contribution is -2.12. The number of hydrogen-bond donors (Lipinski definition) is 1. The van der Waals surface area contributed by atoms with E-state index in [4.69, 9.17) is 25.4 Å². The van der Waals surface area contributed by atoms with Crippen molar-refractivity contribution in [1.29, 1.82) is 0 Å². The number of methoxy groups -OCH3 is 1. The number of carbonyl (C=O) groups excluding carboxylic acids is 1. The number of nitrogens with zero attached hydrogens (tertiary/aromatic N) is 1. The molecule has 1 N–H and O–H groups in total. The zero-order valence-corrected chi connectivity index (χ0v) is 20.0. The van der Waals surface area contributed by atoms with E-state index in [1.54, 1.807) is 62.6 Å². The van der Waals surface area contributed by atoms with Gasteiger partial charge in [-0.25, -0.2) is 9.79 Å². The number of carbonyl (C=O) groups is 1. The summed E-state index contributed by atoms with van der Waals surface area (Å²) in [5, 5.41) is 11.2. The molecule has 0 radical (unpaired) electrons. The minimum Gasteiger partial charge on any atom is -0.506 e. The Morgan fingerprint density at radius 1 is 1.12 bits per heavy atom. The third-order valence-electron chi connectivity index (χ3n) is 4.55. The molecule has 1 aliphatic heterocycles. The molecule has 0 spiro atoms. The number of esters is 1. The summed E-state index contributed by atoms with van der Waals surface area (Å²) in [6.07, 6.45) is 7.02. The molecule has 0 atom stereocenters. The molecule has 0 aromatic heterocycles. The van der Waals surface area contributed by atoms with Crippen LogP contribution in [0.5, 0.6) is 17.2 Å². The monoisotopic (exact) mass is 479 g/mol. The summed E-state index contributed by atoms with van der Waals surface area (Å²) in [5.41, 5.74) is 1.36. The third-order valence-corrected chi connectivity index (χ3v) is 5.57. The fourth-order valence-corrected chi connectivity index (χ4v) is 4.07. The molecule has 176 valence electrons. The maximum atomic E-state index is 12.6. The van der Waals surface area contributed by atoms with E-state index in [-0.39, 0.29) is 24.5 Å². The highest BCUT2D eigenvalue weighted by Crippen LogP contribution is 2.41. The lowest BCUT2D eigenvalue weighted by molar-refractivity contribution is -0.138. The van der Waals surface area contributed by atoms with Gasteiger partial charge < -0.3 is 24.1 Å². The molecule has 7 nitrogen and oxygen atoms in total. The molecule has 1 heterocycles. The van der Waals surface area contributed by atoms with Crippen LogP contribution in [0.15, 0.2) is 63.7 Å². The zero-order chi connectivity index (χ0) is 24.5. The van der Waals surface area contributed by atoms with Crippen molar-refractivity contribution in [1.82, 2.24) is 0 Å². The van der Waals surface area contributed by atoms with Crippen LogP contribution >= 0.6 is 11.8 Å². The Bertz CT molecular complexity index is 1170. The molecular weight excluding hydrogens is 454 g/mol. The first-order valence-corrected chi connectivity index (χ1v) is 11.4. The molecule has 0 fully saturated rings. The zero-order valence-electron chi connectivity index (χ0n) is 19.2. The SMILES string of the molecule is C#CCOc1ccc(/C=C2\SC(=Nc3ccc(OC)cc3)C(C(=O)OCC)=C2O)cc1OCC. The Morgan fingerprint density at radius 3 is 2.53 bits per heavy atom. The summed E-state index contributed by atoms with van der Waals surface area (Å²) < 4.78 is 21.5. The van der Waals surface area contributed by atoms with Gasteiger partial charge in [0.05, 0.1) is 30.9 Å². The molecule has 0 saturated carbocycles. The van der Waals surface area contributed by atoms with E-state index in [2.05, 4.69) is 10.9 Å². The van der Waals surface area contributed by atoms with E-state index in [9.17, 15) is 9.90 Å². The molecule has 34 heavy (non-hydrogen) atoms. The molecule has 0 bridgehead atoms. The molecule has 0 unspecified atom stereocenters. The van der Waals surface area contributed by atoms with Gasteiger partial charge in [-0.05, 0) is 61.9 Å². The van der Waals surface area contributed by atoms with Crippen LogP contribution < -0.4 is 14.2 Å². The second-order valence-corrected chi connectivity index (χ2v) is 7.83. The number of aliphatic hydroxyl groups is 1. The summed E-state index contributed by atoms with van der Waals surface area (Å²) in [5.74, 6) is 3.32. The molecule has 1 aliphatic rings. The van der Waals surface area contributed by atoms with E-state index < -0.39 is 5.97 Å². The summed E-state index contributed by atoms with van der Waals surface area (Å²) in [6, 6.07) is 12.4. The summed E-state index contributed by atoms with van der Waals surface area (Å²) >= 11 is 1.17. The number of aliphatic imine (C=N–C) groups is 1. The van der Waals surface area contributed by atoms with Gasteiger partial charge in [0.15, 0.2) is 11.5 Å². The van der Waals surface area contributed by atoms with Gasteiger partial charge in [-0.3, -0.25) is 0 Å². The number of hydrogen-bond acceptors (Lipinski definition) is 8. The van der Waals surface area contributed by atoms with E-state index in [0.29, 0.717) is 39.5 Å². The Kier molecular flexibility index (Phi) is 8.66. The minimum atomic E-state index is -0.642. The highest BCUT2D eigenvalue weighted by molar-refractivity contribution is 8.18. The highest BCUT2D eigenvalue weighted by Gasteiger charge is 2.33. The van der Waals surface area contributed by atoms with Crippen molar-refractivity contribution in [3.8, 4) is 29.6 Å².